The zero-order valence-corrected chi connectivity index (χ0v) is 13.6. The van der Waals surface area contributed by atoms with Crippen molar-refractivity contribution < 1.29 is 4.79 Å². The summed E-state index contributed by atoms with van der Waals surface area (Å²) in [5.74, 6) is -0.0556. The average molecular weight is 321 g/mol. The number of fused-ring (bicyclic) bond motifs is 2. The molecule has 23 heavy (non-hydrogen) atoms. The summed E-state index contributed by atoms with van der Waals surface area (Å²) in [6.45, 7) is 3.95. The summed E-state index contributed by atoms with van der Waals surface area (Å²) in [6, 6.07) is 9.75. The van der Waals surface area contributed by atoms with Crippen LogP contribution in [-0.2, 0) is 0 Å². The fourth-order valence-electron chi connectivity index (χ4n) is 3.02. The Labute approximate surface area is 137 Å². The Bertz CT molecular complexity index is 1070. The van der Waals surface area contributed by atoms with Crippen molar-refractivity contribution in [2.75, 3.05) is 5.73 Å². The van der Waals surface area contributed by atoms with Crippen molar-refractivity contribution in [1.29, 1.82) is 0 Å². The van der Waals surface area contributed by atoms with Gasteiger partial charge in [0.25, 0.3) is 0 Å². The number of anilines is 1. The number of pyridine rings is 1. The molecule has 1 aromatic carbocycles. The lowest BCUT2D eigenvalue weighted by atomic mass is 10.1. The number of carbonyl (C=O) groups excluding carboxylic acids is 1. The average Bonchev–Trinajstić information content (AvgIpc) is 3.08. The number of aromatic amines is 1. The largest absolute Gasteiger partial charge is 0.397 e. The number of hydrogen-bond donors (Lipinski definition) is 2. The Balaban J connectivity index is 1.94. The zero-order valence-electron chi connectivity index (χ0n) is 12.8. The number of nitrogen functional groups attached to an aromatic ring is 1. The zero-order chi connectivity index (χ0) is 16.1. The highest BCUT2D eigenvalue weighted by atomic mass is 32.1. The minimum atomic E-state index is -0.0556. The molecule has 0 spiro atoms. The molecule has 0 bridgehead atoms. The number of aromatic nitrogens is 2. The van der Waals surface area contributed by atoms with E-state index in [0.29, 0.717) is 16.1 Å². The maximum atomic E-state index is 13.0. The van der Waals surface area contributed by atoms with Crippen LogP contribution in [0.25, 0.3) is 21.1 Å². The van der Waals surface area contributed by atoms with E-state index in [1.807, 2.05) is 44.2 Å². The van der Waals surface area contributed by atoms with Gasteiger partial charge in [-0.2, -0.15) is 0 Å². The van der Waals surface area contributed by atoms with E-state index < -0.39 is 0 Å². The Morgan fingerprint density at radius 2 is 2.04 bits per heavy atom. The van der Waals surface area contributed by atoms with Crippen LogP contribution in [0.4, 0.5) is 5.69 Å². The van der Waals surface area contributed by atoms with E-state index in [-0.39, 0.29) is 5.78 Å². The van der Waals surface area contributed by atoms with Gasteiger partial charge in [0, 0.05) is 33.7 Å². The second-order valence-electron chi connectivity index (χ2n) is 5.68. The number of rotatable bonds is 2. The molecule has 0 saturated carbocycles. The summed E-state index contributed by atoms with van der Waals surface area (Å²) in [5, 5.41) is 1.80. The van der Waals surface area contributed by atoms with Crippen LogP contribution in [0.3, 0.4) is 0 Å². The monoisotopic (exact) mass is 321 g/mol. The highest BCUT2D eigenvalue weighted by Crippen LogP contribution is 2.37. The Hall–Kier alpha value is -2.66. The molecule has 3 N–H and O–H groups in total. The maximum absolute atomic E-state index is 13.0. The number of para-hydroxylation sites is 1. The molecule has 0 aliphatic heterocycles. The normalized spacial score (nSPS) is 11.4. The molecule has 3 aromatic heterocycles. The first-order valence-electron chi connectivity index (χ1n) is 7.33. The lowest BCUT2D eigenvalue weighted by molar-refractivity contribution is 0.104. The number of H-pyrrole nitrogens is 1. The number of thiophene rings is 1. The third kappa shape index (κ3) is 2.04. The van der Waals surface area contributed by atoms with E-state index in [1.54, 1.807) is 6.20 Å². The summed E-state index contributed by atoms with van der Waals surface area (Å²) in [6.07, 6.45) is 1.75. The molecular weight excluding hydrogens is 306 g/mol. The van der Waals surface area contributed by atoms with Gasteiger partial charge in [0.05, 0.1) is 5.69 Å². The van der Waals surface area contributed by atoms with Crippen molar-refractivity contribution in [1.82, 2.24) is 9.97 Å². The maximum Gasteiger partial charge on any atom is 0.207 e. The fourth-order valence-corrected chi connectivity index (χ4v) is 4.19. The third-order valence-electron chi connectivity index (χ3n) is 4.06. The Morgan fingerprint density at radius 1 is 1.26 bits per heavy atom. The van der Waals surface area contributed by atoms with Gasteiger partial charge in [0.2, 0.25) is 5.78 Å². The molecular formula is C18H15N3OS. The minimum Gasteiger partial charge on any atom is -0.397 e. The first-order chi connectivity index (χ1) is 11.1. The van der Waals surface area contributed by atoms with Gasteiger partial charge >= 0.3 is 0 Å². The Kier molecular flexibility index (Phi) is 2.99. The molecule has 4 aromatic rings. The number of nitrogens with two attached hydrogens (primary N) is 1. The lowest BCUT2D eigenvalue weighted by Gasteiger charge is -2.00. The van der Waals surface area contributed by atoms with Crippen LogP contribution in [0.5, 0.6) is 0 Å². The van der Waals surface area contributed by atoms with Crippen molar-refractivity contribution >= 4 is 43.9 Å². The smallest absolute Gasteiger partial charge is 0.207 e. The van der Waals surface area contributed by atoms with Gasteiger partial charge in [-0.05, 0) is 31.5 Å². The second-order valence-corrected chi connectivity index (χ2v) is 6.68. The molecule has 0 radical (unpaired) electrons. The van der Waals surface area contributed by atoms with Crippen LogP contribution in [-0.4, -0.2) is 15.8 Å². The molecule has 5 heteroatoms. The van der Waals surface area contributed by atoms with E-state index in [2.05, 4.69) is 9.97 Å². The quantitative estimate of drug-likeness (QED) is 0.543. The standard InChI is InChI=1S/C18H15N3OS/c1-9-7-10(2)21-18-14(9)15(19)17(23-18)16(22)12-8-20-13-6-4-3-5-11(12)13/h3-8,20H,19H2,1-2H3. The van der Waals surface area contributed by atoms with Crippen LogP contribution in [0.15, 0.2) is 36.5 Å². The second kappa shape index (κ2) is 4.93. The van der Waals surface area contributed by atoms with E-state index >= 15 is 0 Å². The van der Waals surface area contributed by atoms with Crippen LogP contribution in [0.1, 0.15) is 26.5 Å². The number of carbonyl (C=O) groups is 1. The topological polar surface area (TPSA) is 71.8 Å². The van der Waals surface area contributed by atoms with Crippen molar-refractivity contribution in [3.63, 3.8) is 0 Å². The van der Waals surface area contributed by atoms with Gasteiger partial charge in [-0.1, -0.05) is 18.2 Å². The third-order valence-corrected chi connectivity index (χ3v) is 5.16. The first-order valence-corrected chi connectivity index (χ1v) is 8.15. The molecule has 0 atom stereocenters. The predicted molar refractivity (Wildman–Crippen MR) is 95.2 cm³/mol. The van der Waals surface area contributed by atoms with E-state index in [9.17, 15) is 4.79 Å². The lowest BCUT2D eigenvalue weighted by Crippen LogP contribution is -2.01. The summed E-state index contributed by atoms with van der Waals surface area (Å²) in [4.78, 5) is 22.0. The van der Waals surface area contributed by atoms with Crippen LogP contribution < -0.4 is 5.73 Å². The summed E-state index contributed by atoms with van der Waals surface area (Å²) in [7, 11) is 0. The Morgan fingerprint density at radius 3 is 2.87 bits per heavy atom. The summed E-state index contributed by atoms with van der Waals surface area (Å²) in [5.41, 5.74) is 10.4. The number of nitrogens with one attached hydrogen (secondary N) is 1. The molecule has 0 aliphatic rings. The molecule has 0 amide bonds. The fraction of sp³-hybridized carbons (Fsp3) is 0.111. The molecule has 3 heterocycles. The van der Waals surface area contributed by atoms with E-state index in [0.717, 1.165) is 32.4 Å². The van der Waals surface area contributed by atoms with Gasteiger partial charge < -0.3 is 10.7 Å². The van der Waals surface area contributed by atoms with Crippen LogP contribution in [0, 0.1) is 13.8 Å². The summed E-state index contributed by atoms with van der Waals surface area (Å²) < 4.78 is 0. The number of ketones is 1. The van der Waals surface area contributed by atoms with Crippen molar-refractivity contribution in [3.05, 3.63) is 58.2 Å². The molecule has 4 rings (SSSR count). The molecule has 4 nitrogen and oxygen atoms in total. The van der Waals surface area contributed by atoms with Gasteiger partial charge in [-0.3, -0.25) is 4.79 Å². The highest BCUT2D eigenvalue weighted by Gasteiger charge is 2.22. The molecule has 0 unspecified atom stereocenters. The first kappa shape index (κ1) is 14.0. The van der Waals surface area contributed by atoms with Gasteiger partial charge in [-0.25, -0.2) is 4.98 Å². The SMILES string of the molecule is Cc1cc(C)c2c(N)c(C(=O)c3c[nH]c4ccccc34)sc2n1. The molecule has 0 aliphatic carbocycles. The highest BCUT2D eigenvalue weighted by molar-refractivity contribution is 7.21. The number of aryl methyl sites for hydroxylation is 2. The summed E-state index contributed by atoms with van der Waals surface area (Å²) >= 11 is 1.37. The number of nitrogens with zero attached hydrogens (tertiary/aromatic N) is 1. The van der Waals surface area contributed by atoms with Gasteiger partial charge in [0.15, 0.2) is 0 Å². The van der Waals surface area contributed by atoms with Crippen LogP contribution >= 0.6 is 11.3 Å². The minimum absolute atomic E-state index is 0.0556. The number of benzene rings is 1. The molecule has 114 valence electrons. The van der Waals surface area contributed by atoms with E-state index in [1.165, 1.54) is 11.3 Å². The molecule has 0 fully saturated rings. The van der Waals surface area contributed by atoms with Crippen molar-refractivity contribution in [3.8, 4) is 0 Å². The van der Waals surface area contributed by atoms with Gasteiger partial charge in [0.1, 0.15) is 9.71 Å². The van der Waals surface area contributed by atoms with E-state index in [4.69, 9.17) is 5.73 Å². The number of hydrogen-bond acceptors (Lipinski definition) is 4. The van der Waals surface area contributed by atoms with Crippen LogP contribution in [0.2, 0.25) is 0 Å². The van der Waals surface area contributed by atoms with Crippen molar-refractivity contribution in [2.45, 2.75) is 13.8 Å². The predicted octanol–water partition coefficient (Wildman–Crippen LogP) is 4.21. The molecule has 0 saturated heterocycles. The van der Waals surface area contributed by atoms with Crippen molar-refractivity contribution in [2.24, 2.45) is 0 Å². The van der Waals surface area contributed by atoms with Gasteiger partial charge in [-0.15, -0.1) is 11.3 Å².